The average Bonchev–Trinajstić information content (AvgIpc) is 2.27. The number of nitrogens with two attached hydrogens (primary N) is 1. The fourth-order valence-electron chi connectivity index (χ4n) is 1.82. The summed E-state index contributed by atoms with van der Waals surface area (Å²) in [6.45, 7) is 5.94. The van der Waals surface area contributed by atoms with E-state index in [1.54, 1.807) is 0 Å². The standard InChI is InChI=1S/C11H22N2O/c1-3-9(2)10(12)11(14)13-7-5-4-6-8-13/h9-10H,3-8,12H2,1-2H3/t9-,10+/m0/s1. The van der Waals surface area contributed by atoms with E-state index in [4.69, 9.17) is 5.73 Å². The van der Waals surface area contributed by atoms with Gasteiger partial charge in [-0.2, -0.15) is 0 Å². The fraction of sp³-hybridized carbons (Fsp3) is 0.909. The van der Waals surface area contributed by atoms with Crippen molar-refractivity contribution in [2.75, 3.05) is 13.1 Å². The molecule has 0 aromatic heterocycles. The zero-order valence-electron chi connectivity index (χ0n) is 9.33. The van der Waals surface area contributed by atoms with Crippen molar-refractivity contribution in [1.29, 1.82) is 0 Å². The highest BCUT2D eigenvalue weighted by Gasteiger charge is 2.25. The van der Waals surface area contributed by atoms with Crippen molar-refractivity contribution in [2.45, 2.75) is 45.6 Å². The summed E-state index contributed by atoms with van der Waals surface area (Å²) < 4.78 is 0. The summed E-state index contributed by atoms with van der Waals surface area (Å²) in [5.41, 5.74) is 5.91. The highest BCUT2D eigenvalue weighted by Crippen LogP contribution is 2.13. The Balaban J connectivity index is 2.46. The van der Waals surface area contributed by atoms with Crippen molar-refractivity contribution in [2.24, 2.45) is 11.7 Å². The van der Waals surface area contributed by atoms with E-state index in [-0.39, 0.29) is 11.9 Å². The predicted molar refractivity (Wildman–Crippen MR) is 57.9 cm³/mol. The number of piperidine rings is 1. The Kier molecular flexibility index (Phi) is 4.39. The third-order valence-corrected chi connectivity index (χ3v) is 3.21. The maximum Gasteiger partial charge on any atom is 0.239 e. The number of rotatable bonds is 3. The van der Waals surface area contributed by atoms with Crippen LogP contribution in [0.15, 0.2) is 0 Å². The summed E-state index contributed by atoms with van der Waals surface area (Å²) in [7, 11) is 0. The van der Waals surface area contributed by atoms with Gasteiger partial charge in [0.25, 0.3) is 0 Å². The van der Waals surface area contributed by atoms with Gasteiger partial charge in [-0.05, 0) is 25.2 Å². The van der Waals surface area contributed by atoms with Crippen molar-refractivity contribution in [3.8, 4) is 0 Å². The number of nitrogens with zero attached hydrogens (tertiary/aromatic N) is 1. The van der Waals surface area contributed by atoms with E-state index in [0.29, 0.717) is 5.92 Å². The lowest BCUT2D eigenvalue weighted by atomic mass is 9.98. The molecule has 0 spiro atoms. The van der Waals surface area contributed by atoms with Gasteiger partial charge in [-0.1, -0.05) is 20.3 Å². The second-order valence-electron chi connectivity index (χ2n) is 4.30. The number of hydrogen-bond acceptors (Lipinski definition) is 2. The second kappa shape index (κ2) is 5.35. The largest absolute Gasteiger partial charge is 0.341 e. The Morgan fingerprint density at radius 1 is 1.36 bits per heavy atom. The maximum absolute atomic E-state index is 11.9. The number of likely N-dealkylation sites (tertiary alicyclic amines) is 1. The first-order valence-electron chi connectivity index (χ1n) is 5.71. The Bertz CT molecular complexity index is 184. The van der Waals surface area contributed by atoms with E-state index >= 15 is 0 Å². The van der Waals surface area contributed by atoms with Crippen LogP contribution in [0.1, 0.15) is 39.5 Å². The minimum atomic E-state index is -0.293. The molecule has 0 radical (unpaired) electrons. The average molecular weight is 198 g/mol. The van der Waals surface area contributed by atoms with Crippen LogP contribution in [0.5, 0.6) is 0 Å². The van der Waals surface area contributed by atoms with Gasteiger partial charge in [0.2, 0.25) is 5.91 Å². The molecule has 82 valence electrons. The number of hydrogen-bond donors (Lipinski definition) is 1. The van der Waals surface area contributed by atoms with E-state index in [2.05, 4.69) is 6.92 Å². The molecule has 14 heavy (non-hydrogen) atoms. The molecular weight excluding hydrogens is 176 g/mol. The van der Waals surface area contributed by atoms with Crippen LogP contribution in [-0.2, 0) is 4.79 Å². The van der Waals surface area contributed by atoms with Crippen LogP contribution < -0.4 is 5.73 Å². The Morgan fingerprint density at radius 2 is 1.93 bits per heavy atom. The topological polar surface area (TPSA) is 46.3 Å². The van der Waals surface area contributed by atoms with Gasteiger partial charge in [0.1, 0.15) is 0 Å². The van der Waals surface area contributed by atoms with Crippen molar-refractivity contribution in [3.63, 3.8) is 0 Å². The molecule has 0 aliphatic carbocycles. The number of carbonyl (C=O) groups excluding carboxylic acids is 1. The SMILES string of the molecule is CC[C@H](C)[C@@H](N)C(=O)N1CCCCC1. The van der Waals surface area contributed by atoms with Gasteiger partial charge in [0.15, 0.2) is 0 Å². The fourth-order valence-corrected chi connectivity index (χ4v) is 1.82. The van der Waals surface area contributed by atoms with Gasteiger partial charge in [0.05, 0.1) is 6.04 Å². The predicted octanol–water partition coefficient (Wildman–Crippen LogP) is 1.37. The Hall–Kier alpha value is -0.570. The first kappa shape index (κ1) is 11.5. The molecule has 1 aliphatic rings. The van der Waals surface area contributed by atoms with E-state index in [9.17, 15) is 4.79 Å². The van der Waals surface area contributed by atoms with Crippen LogP contribution in [0.25, 0.3) is 0 Å². The van der Waals surface area contributed by atoms with Crippen LogP contribution in [-0.4, -0.2) is 29.9 Å². The third-order valence-electron chi connectivity index (χ3n) is 3.21. The monoisotopic (exact) mass is 198 g/mol. The molecule has 2 N–H and O–H groups in total. The first-order valence-corrected chi connectivity index (χ1v) is 5.71. The second-order valence-corrected chi connectivity index (χ2v) is 4.30. The lowest BCUT2D eigenvalue weighted by molar-refractivity contribution is -0.134. The van der Waals surface area contributed by atoms with Crippen LogP contribution in [0, 0.1) is 5.92 Å². The molecule has 1 rings (SSSR count). The van der Waals surface area contributed by atoms with E-state index in [1.807, 2.05) is 11.8 Å². The zero-order valence-corrected chi connectivity index (χ0v) is 9.33. The molecule has 0 aromatic rings. The van der Waals surface area contributed by atoms with Crippen molar-refractivity contribution >= 4 is 5.91 Å². The summed E-state index contributed by atoms with van der Waals surface area (Å²) in [5.74, 6) is 0.448. The molecule has 3 nitrogen and oxygen atoms in total. The van der Waals surface area contributed by atoms with Gasteiger partial charge in [-0.25, -0.2) is 0 Å². The zero-order chi connectivity index (χ0) is 10.6. The van der Waals surface area contributed by atoms with Crippen LogP contribution >= 0.6 is 0 Å². The molecule has 2 atom stereocenters. The summed E-state index contributed by atoms with van der Waals surface area (Å²) in [6, 6.07) is -0.293. The van der Waals surface area contributed by atoms with E-state index in [1.165, 1.54) is 6.42 Å². The lowest BCUT2D eigenvalue weighted by Crippen LogP contribution is -2.48. The molecule has 0 unspecified atom stereocenters. The molecule has 1 saturated heterocycles. The minimum absolute atomic E-state index is 0.152. The normalized spacial score (nSPS) is 21.8. The summed E-state index contributed by atoms with van der Waals surface area (Å²) in [5, 5.41) is 0. The van der Waals surface area contributed by atoms with Gasteiger partial charge in [-0.3, -0.25) is 4.79 Å². The van der Waals surface area contributed by atoms with Crippen LogP contribution in [0.4, 0.5) is 0 Å². The summed E-state index contributed by atoms with van der Waals surface area (Å²) in [4.78, 5) is 13.8. The molecule has 1 heterocycles. The van der Waals surface area contributed by atoms with Crippen molar-refractivity contribution in [3.05, 3.63) is 0 Å². The van der Waals surface area contributed by atoms with Crippen LogP contribution in [0.2, 0.25) is 0 Å². The number of amides is 1. The summed E-state index contributed by atoms with van der Waals surface area (Å²) >= 11 is 0. The Morgan fingerprint density at radius 3 is 2.43 bits per heavy atom. The summed E-state index contributed by atoms with van der Waals surface area (Å²) in [6.07, 6.45) is 4.50. The number of carbonyl (C=O) groups is 1. The van der Waals surface area contributed by atoms with Crippen molar-refractivity contribution < 1.29 is 4.79 Å². The highest BCUT2D eigenvalue weighted by molar-refractivity contribution is 5.82. The van der Waals surface area contributed by atoms with Gasteiger partial charge >= 0.3 is 0 Å². The van der Waals surface area contributed by atoms with Gasteiger partial charge < -0.3 is 10.6 Å². The highest BCUT2D eigenvalue weighted by atomic mass is 16.2. The van der Waals surface area contributed by atoms with Crippen molar-refractivity contribution in [1.82, 2.24) is 4.90 Å². The molecule has 3 heteroatoms. The lowest BCUT2D eigenvalue weighted by Gasteiger charge is -2.30. The van der Waals surface area contributed by atoms with E-state index in [0.717, 1.165) is 32.4 Å². The van der Waals surface area contributed by atoms with Gasteiger partial charge in [0, 0.05) is 13.1 Å². The quantitative estimate of drug-likeness (QED) is 0.744. The minimum Gasteiger partial charge on any atom is -0.341 e. The molecule has 1 amide bonds. The third kappa shape index (κ3) is 2.71. The first-order chi connectivity index (χ1) is 6.66. The molecule has 0 bridgehead atoms. The molecule has 0 aromatic carbocycles. The maximum atomic E-state index is 11.9. The molecule has 0 saturated carbocycles. The van der Waals surface area contributed by atoms with Gasteiger partial charge in [-0.15, -0.1) is 0 Å². The smallest absolute Gasteiger partial charge is 0.239 e. The Labute approximate surface area is 86.6 Å². The van der Waals surface area contributed by atoms with E-state index < -0.39 is 0 Å². The molecular formula is C11H22N2O. The molecule has 1 aliphatic heterocycles. The van der Waals surface area contributed by atoms with Crippen LogP contribution in [0.3, 0.4) is 0 Å². The molecule has 1 fully saturated rings.